The van der Waals surface area contributed by atoms with Crippen LogP contribution in [0.5, 0.6) is 11.5 Å². The van der Waals surface area contributed by atoms with Gasteiger partial charge in [0.25, 0.3) is 5.91 Å². The molecule has 0 aliphatic carbocycles. The van der Waals surface area contributed by atoms with Crippen LogP contribution in [0, 0.1) is 11.3 Å². The highest BCUT2D eigenvalue weighted by Gasteiger charge is 2.13. The molecule has 3 rings (SSSR count). The average molecular weight is 470 g/mol. The normalized spacial score (nSPS) is 10.5. The smallest absolute Gasteiger partial charge is 0.281 e. The zero-order valence-electron chi connectivity index (χ0n) is 15.4. The summed E-state index contributed by atoms with van der Waals surface area (Å²) in [6.07, 6.45) is 1.52. The number of benzene rings is 2. The molecule has 6 nitrogen and oxygen atoms in total. The number of carbonyl (C=O) groups is 1. The van der Waals surface area contributed by atoms with Crippen LogP contribution in [0.3, 0.4) is 0 Å². The quantitative estimate of drug-likeness (QED) is 0.400. The van der Waals surface area contributed by atoms with Crippen molar-refractivity contribution in [2.24, 2.45) is 5.10 Å². The van der Waals surface area contributed by atoms with E-state index in [2.05, 4.69) is 32.5 Å². The van der Waals surface area contributed by atoms with Crippen molar-refractivity contribution in [3.63, 3.8) is 0 Å². The lowest BCUT2D eigenvalue weighted by atomic mass is 10.1. The summed E-state index contributed by atoms with van der Waals surface area (Å²) in [6.45, 7) is 0.225. The molecular formula is C21H16BrN3O3S. The summed E-state index contributed by atoms with van der Waals surface area (Å²) in [4.78, 5) is 12.5. The zero-order valence-corrected chi connectivity index (χ0v) is 17.8. The number of carbonyl (C=O) groups excluding carboxylic acids is 1. The highest BCUT2D eigenvalue weighted by atomic mass is 79.9. The monoisotopic (exact) mass is 469 g/mol. The maximum absolute atomic E-state index is 11.9. The van der Waals surface area contributed by atoms with E-state index in [0.717, 1.165) is 5.56 Å². The highest BCUT2D eigenvalue weighted by molar-refractivity contribution is 9.10. The molecule has 0 saturated heterocycles. The van der Waals surface area contributed by atoms with Crippen molar-refractivity contribution in [2.75, 3.05) is 7.11 Å². The van der Waals surface area contributed by atoms with Gasteiger partial charge in [-0.2, -0.15) is 10.4 Å². The standard InChI is InChI=1S/C21H16BrN3O3S/c1-27-18-10-14(12-24-25-21(26)19-7-4-8-29-19)9-17(22)20(18)28-13-16-6-3-2-5-15(16)11-23/h2-10,12H,13H2,1H3,(H,25,26). The van der Waals surface area contributed by atoms with Gasteiger partial charge in [-0.1, -0.05) is 24.3 Å². The Morgan fingerprint density at radius 3 is 2.86 bits per heavy atom. The summed E-state index contributed by atoms with van der Waals surface area (Å²) in [6, 6.07) is 16.5. The molecule has 29 heavy (non-hydrogen) atoms. The molecule has 0 saturated carbocycles. The SMILES string of the molecule is COc1cc(C=NNC(=O)c2cccs2)cc(Br)c1OCc1ccccc1C#N. The Kier molecular flexibility index (Phi) is 7.00. The second kappa shape index (κ2) is 9.87. The molecule has 1 N–H and O–H groups in total. The summed E-state index contributed by atoms with van der Waals surface area (Å²) in [5.41, 5.74) is 4.55. The van der Waals surface area contributed by atoms with E-state index in [1.54, 1.807) is 30.3 Å². The molecule has 2 aromatic carbocycles. The highest BCUT2D eigenvalue weighted by Crippen LogP contribution is 2.37. The first-order valence-corrected chi connectivity index (χ1v) is 10.1. The predicted octanol–water partition coefficient (Wildman–Crippen LogP) is 4.73. The first kappa shape index (κ1) is 20.6. The lowest BCUT2D eigenvalue weighted by Gasteiger charge is -2.14. The molecule has 1 amide bonds. The average Bonchev–Trinajstić information content (AvgIpc) is 3.28. The minimum absolute atomic E-state index is 0.225. The van der Waals surface area contributed by atoms with Crippen LogP contribution < -0.4 is 14.9 Å². The van der Waals surface area contributed by atoms with E-state index in [9.17, 15) is 10.1 Å². The molecule has 0 aliphatic rings. The number of ether oxygens (including phenoxy) is 2. The van der Waals surface area contributed by atoms with E-state index in [4.69, 9.17) is 9.47 Å². The van der Waals surface area contributed by atoms with Crippen LogP contribution >= 0.6 is 27.3 Å². The van der Waals surface area contributed by atoms with Gasteiger partial charge in [0.1, 0.15) is 6.61 Å². The number of amides is 1. The second-order valence-corrected chi connectivity index (χ2v) is 7.57. The molecule has 0 radical (unpaired) electrons. The molecule has 146 valence electrons. The molecule has 0 fully saturated rings. The topological polar surface area (TPSA) is 83.7 Å². The van der Waals surface area contributed by atoms with Crippen molar-refractivity contribution in [3.8, 4) is 17.6 Å². The number of nitrogens with one attached hydrogen (secondary N) is 1. The summed E-state index contributed by atoms with van der Waals surface area (Å²) in [5.74, 6) is 0.748. The van der Waals surface area contributed by atoms with Crippen molar-refractivity contribution >= 4 is 39.4 Å². The molecule has 1 heterocycles. The minimum atomic E-state index is -0.265. The van der Waals surface area contributed by atoms with Gasteiger partial charge in [0.15, 0.2) is 11.5 Å². The van der Waals surface area contributed by atoms with Gasteiger partial charge in [0.2, 0.25) is 0 Å². The van der Waals surface area contributed by atoms with Crippen LogP contribution in [0.2, 0.25) is 0 Å². The number of thiophene rings is 1. The Morgan fingerprint density at radius 2 is 2.14 bits per heavy atom. The van der Waals surface area contributed by atoms with Crippen LogP contribution in [0.15, 0.2) is 63.5 Å². The Morgan fingerprint density at radius 1 is 1.31 bits per heavy atom. The van der Waals surface area contributed by atoms with Gasteiger partial charge in [-0.15, -0.1) is 11.3 Å². The lowest BCUT2D eigenvalue weighted by Crippen LogP contribution is -2.16. The van der Waals surface area contributed by atoms with Crippen molar-refractivity contribution in [3.05, 3.63) is 80.0 Å². The Bertz CT molecular complexity index is 1080. The fraction of sp³-hybridized carbons (Fsp3) is 0.0952. The molecule has 0 aliphatic heterocycles. The summed E-state index contributed by atoms with van der Waals surface area (Å²) >= 11 is 4.83. The van der Waals surface area contributed by atoms with E-state index >= 15 is 0 Å². The number of nitriles is 1. The van der Waals surface area contributed by atoms with E-state index in [0.29, 0.717) is 32.0 Å². The van der Waals surface area contributed by atoms with Crippen molar-refractivity contribution in [2.45, 2.75) is 6.61 Å². The maximum atomic E-state index is 11.9. The number of hydrogen-bond donors (Lipinski definition) is 1. The second-order valence-electron chi connectivity index (χ2n) is 5.77. The van der Waals surface area contributed by atoms with Gasteiger partial charge < -0.3 is 9.47 Å². The van der Waals surface area contributed by atoms with Gasteiger partial charge >= 0.3 is 0 Å². The van der Waals surface area contributed by atoms with Crippen LogP contribution in [-0.4, -0.2) is 19.2 Å². The molecule has 3 aromatic rings. The first-order valence-electron chi connectivity index (χ1n) is 8.47. The number of hydrazone groups is 1. The molecule has 1 aromatic heterocycles. The first-order chi connectivity index (χ1) is 14.1. The van der Waals surface area contributed by atoms with Gasteiger partial charge in [-0.3, -0.25) is 4.79 Å². The molecule has 8 heteroatoms. The third kappa shape index (κ3) is 5.22. The fourth-order valence-corrected chi connectivity index (χ4v) is 3.68. The summed E-state index contributed by atoms with van der Waals surface area (Å²) in [7, 11) is 1.54. The summed E-state index contributed by atoms with van der Waals surface area (Å²) < 4.78 is 12.0. The van der Waals surface area contributed by atoms with E-state index < -0.39 is 0 Å². The Hall–Kier alpha value is -3.15. The minimum Gasteiger partial charge on any atom is -0.493 e. The molecular weight excluding hydrogens is 454 g/mol. The number of methoxy groups -OCH3 is 1. The third-order valence-electron chi connectivity index (χ3n) is 3.89. The van der Waals surface area contributed by atoms with Crippen LogP contribution in [-0.2, 0) is 6.61 Å². The van der Waals surface area contributed by atoms with E-state index in [-0.39, 0.29) is 12.5 Å². The van der Waals surface area contributed by atoms with Gasteiger partial charge in [-0.05, 0) is 51.1 Å². The predicted molar refractivity (Wildman–Crippen MR) is 116 cm³/mol. The molecule has 0 bridgehead atoms. The number of halogens is 1. The van der Waals surface area contributed by atoms with Crippen molar-refractivity contribution in [1.29, 1.82) is 5.26 Å². The Balaban J connectivity index is 1.72. The van der Waals surface area contributed by atoms with E-state index in [1.165, 1.54) is 24.7 Å². The Labute approximate surface area is 180 Å². The number of nitrogens with zero attached hydrogens (tertiary/aromatic N) is 2. The van der Waals surface area contributed by atoms with Crippen molar-refractivity contribution in [1.82, 2.24) is 5.43 Å². The summed E-state index contributed by atoms with van der Waals surface area (Å²) in [5, 5.41) is 15.0. The maximum Gasteiger partial charge on any atom is 0.281 e. The van der Waals surface area contributed by atoms with Crippen LogP contribution in [0.1, 0.15) is 26.4 Å². The number of hydrogen-bond acceptors (Lipinski definition) is 6. The fourth-order valence-electron chi connectivity index (χ4n) is 2.49. The van der Waals surface area contributed by atoms with Gasteiger partial charge in [0, 0.05) is 5.56 Å². The van der Waals surface area contributed by atoms with E-state index in [1.807, 2.05) is 23.6 Å². The molecule has 0 atom stereocenters. The lowest BCUT2D eigenvalue weighted by molar-refractivity contribution is 0.0959. The third-order valence-corrected chi connectivity index (χ3v) is 5.34. The molecule has 0 unspecified atom stereocenters. The zero-order chi connectivity index (χ0) is 20.6. The number of rotatable bonds is 7. The van der Waals surface area contributed by atoms with Gasteiger partial charge in [0.05, 0.1) is 34.3 Å². The molecule has 0 spiro atoms. The largest absolute Gasteiger partial charge is 0.493 e. The van der Waals surface area contributed by atoms with Crippen LogP contribution in [0.25, 0.3) is 0 Å². The van der Waals surface area contributed by atoms with Gasteiger partial charge in [-0.25, -0.2) is 5.43 Å². The van der Waals surface area contributed by atoms with Crippen LogP contribution in [0.4, 0.5) is 0 Å². The van der Waals surface area contributed by atoms with Crippen molar-refractivity contribution < 1.29 is 14.3 Å².